The molecule has 1 heterocycles. The summed E-state index contributed by atoms with van der Waals surface area (Å²) >= 11 is 0. The van der Waals surface area contributed by atoms with Crippen molar-refractivity contribution in [2.24, 2.45) is 0 Å². The average Bonchev–Trinajstić information content (AvgIpc) is 1.85. The van der Waals surface area contributed by atoms with Gasteiger partial charge in [-0.25, -0.2) is 4.98 Å². The second-order valence-electron chi connectivity index (χ2n) is 2.35. The summed E-state index contributed by atoms with van der Waals surface area (Å²) < 4.78 is 0. The zero-order chi connectivity index (χ0) is 8.43. The Labute approximate surface area is 64.7 Å². The Bertz CT molecular complexity index is 296. The molecule has 0 N–H and O–H groups in total. The van der Waals surface area contributed by atoms with Gasteiger partial charge in [-0.15, -0.1) is 10.2 Å². The lowest BCUT2D eigenvalue weighted by molar-refractivity contribution is 0.101. The summed E-state index contributed by atoms with van der Waals surface area (Å²) in [5.41, 5.74) is 1.00. The van der Waals surface area contributed by atoms with Crippen LogP contribution < -0.4 is 0 Å². The fourth-order valence-corrected chi connectivity index (χ4v) is 0.838. The van der Waals surface area contributed by atoms with Gasteiger partial charge in [0.05, 0.1) is 5.69 Å². The molecule has 0 unspecified atom stereocenters. The predicted octanol–water partition coefficient (Wildman–Crippen LogP) is 0.691. The van der Waals surface area contributed by atoms with Gasteiger partial charge in [0.15, 0.2) is 5.78 Å². The molecule has 0 atom stereocenters. The van der Waals surface area contributed by atoms with Crippen LogP contribution in [0.4, 0.5) is 0 Å². The summed E-state index contributed by atoms with van der Waals surface area (Å²) in [4.78, 5) is 14.8. The molecule has 0 saturated heterocycles. The lowest BCUT2D eigenvalue weighted by atomic mass is 10.2. The van der Waals surface area contributed by atoms with Gasteiger partial charge in [0.2, 0.25) is 0 Å². The highest BCUT2D eigenvalue weighted by molar-refractivity contribution is 5.92. The van der Waals surface area contributed by atoms with Crippen molar-refractivity contribution in [2.75, 3.05) is 0 Å². The van der Waals surface area contributed by atoms with Gasteiger partial charge in [0.1, 0.15) is 11.5 Å². The molecule has 58 valence electrons. The fraction of sp³-hybridized carbons (Fsp3) is 0.429. The zero-order valence-electron chi connectivity index (χ0n) is 6.75. The van der Waals surface area contributed by atoms with Crippen LogP contribution >= 0.6 is 0 Å². The van der Waals surface area contributed by atoms with E-state index in [0.29, 0.717) is 17.2 Å². The first-order valence-corrected chi connectivity index (χ1v) is 3.30. The van der Waals surface area contributed by atoms with Crippen LogP contribution in [0.5, 0.6) is 0 Å². The van der Waals surface area contributed by atoms with Crippen molar-refractivity contribution in [3.63, 3.8) is 0 Å². The van der Waals surface area contributed by atoms with Gasteiger partial charge >= 0.3 is 0 Å². The third-order valence-corrected chi connectivity index (χ3v) is 1.30. The predicted molar refractivity (Wildman–Crippen MR) is 39.3 cm³/mol. The Morgan fingerprint density at radius 3 is 2.36 bits per heavy atom. The van der Waals surface area contributed by atoms with Gasteiger partial charge in [-0.3, -0.25) is 4.79 Å². The van der Waals surface area contributed by atoms with Crippen LogP contribution in [0.25, 0.3) is 0 Å². The topological polar surface area (TPSA) is 55.7 Å². The maximum atomic E-state index is 10.8. The van der Waals surface area contributed by atoms with E-state index in [1.807, 2.05) is 0 Å². The van der Waals surface area contributed by atoms with Crippen LogP contribution in [-0.2, 0) is 0 Å². The molecule has 0 aliphatic heterocycles. The molecule has 1 rings (SSSR count). The Kier molecular flexibility index (Phi) is 1.94. The molecule has 0 saturated carbocycles. The number of aromatic nitrogens is 3. The van der Waals surface area contributed by atoms with Gasteiger partial charge in [-0.2, -0.15) is 0 Å². The minimum atomic E-state index is -0.0949. The van der Waals surface area contributed by atoms with Gasteiger partial charge < -0.3 is 0 Å². The van der Waals surface area contributed by atoms with Crippen LogP contribution in [0.2, 0.25) is 0 Å². The fourth-order valence-electron chi connectivity index (χ4n) is 0.838. The van der Waals surface area contributed by atoms with E-state index < -0.39 is 0 Å². The van der Waals surface area contributed by atoms with Crippen LogP contribution in [0.3, 0.4) is 0 Å². The van der Waals surface area contributed by atoms with Crippen LogP contribution in [-0.4, -0.2) is 21.0 Å². The molecule has 0 radical (unpaired) electrons. The van der Waals surface area contributed by atoms with Gasteiger partial charge in [0.25, 0.3) is 0 Å². The number of aryl methyl sites for hydroxylation is 2. The Balaban J connectivity index is 3.20. The maximum Gasteiger partial charge on any atom is 0.181 e. The number of rotatable bonds is 1. The molecule has 0 aliphatic carbocycles. The van der Waals surface area contributed by atoms with Crippen LogP contribution in [0.1, 0.15) is 28.9 Å². The monoisotopic (exact) mass is 151 g/mol. The smallest absolute Gasteiger partial charge is 0.181 e. The second kappa shape index (κ2) is 2.74. The van der Waals surface area contributed by atoms with E-state index in [9.17, 15) is 4.79 Å². The van der Waals surface area contributed by atoms with E-state index in [-0.39, 0.29) is 5.78 Å². The van der Waals surface area contributed by atoms with Gasteiger partial charge in [-0.1, -0.05) is 0 Å². The number of carbonyl (C=O) groups is 1. The Hall–Kier alpha value is -1.32. The third-order valence-electron chi connectivity index (χ3n) is 1.30. The summed E-state index contributed by atoms with van der Waals surface area (Å²) in [5.74, 6) is 0.495. The second-order valence-corrected chi connectivity index (χ2v) is 2.35. The lowest BCUT2D eigenvalue weighted by Gasteiger charge is -1.97. The third kappa shape index (κ3) is 1.58. The van der Waals surface area contributed by atoms with Gasteiger partial charge in [-0.05, 0) is 13.8 Å². The summed E-state index contributed by atoms with van der Waals surface area (Å²) in [6.07, 6.45) is 0. The van der Waals surface area contributed by atoms with Crippen molar-refractivity contribution in [2.45, 2.75) is 20.8 Å². The standard InChI is InChI=1S/C7H9N3O/c1-4-7(5(2)11)10-9-6(3)8-4/h1-3H3. The molecular weight excluding hydrogens is 142 g/mol. The molecule has 1 aromatic rings. The van der Waals surface area contributed by atoms with Crippen LogP contribution in [0.15, 0.2) is 0 Å². The average molecular weight is 151 g/mol. The molecule has 4 heteroatoms. The van der Waals surface area contributed by atoms with E-state index >= 15 is 0 Å². The molecule has 4 nitrogen and oxygen atoms in total. The van der Waals surface area contributed by atoms with E-state index in [1.54, 1.807) is 13.8 Å². The highest BCUT2D eigenvalue weighted by atomic mass is 16.1. The highest BCUT2D eigenvalue weighted by Crippen LogP contribution is 1.99. The minimum Gasteiger partial charge on any atom is -0.293 e. The first-order chi connectivity index (χ1) is 5.11. The number of nitrogens with zero attached hydrogens (tertiary/aromatic N) is 3. The first kappa shape index (κ1) is 7.78. The van der Waals surface area contributed by atoms with E-state index in [1.165, 1.54) is 6.92 Å². The van der Waals surface area contributed by atoms with Crippen molar-refractivity contribution in [3.05, 3.63) is 17.2 Å². The van der Waals surface area contributed by atoms with Crippen molar-refractivity contribution in [1.29, 1.82) is 0 Å². The molecule has 0 spiro atoms. The number of carbonyl (C=O) groups excluding carboxylic acids is 1. The number of ketones is 1. The summed E-state index contributed by atoms with van der Waals surface area (Å²) in [6.45, 7) is 4.94. The lowest BCUT2D eigenvalue weighted by Crippen LogP contribution is -2.06. The molecular formula is C7H9N3O. The molecule has 1 aromatic heterocycles. The quantitative estimate of drug-likeness (QED) is 0.554. The van der Waals surface area contributed by atoms with Crippen molar-refractivity contribution in [3.8, 4) is 0 Å². The molecule has 0 amide bonds. The number of hydrogen-bond acceptors (Lipinski definition) is 4. The maximum absolute atomic E-state index is 10.8. The van der Waals surface area contributed by atoms with Crippen molar-refractivity contribution >= 4 is 5.78 Å². The summed E-state index contributed by atoms with van der Waals surface area (Å²) in [6, 6.07) is 0. The van der Waals surface area contributed by atoms with Crippen molar-refractivity contribution in [1.82, 2.24) is 15.2 Å². The van der Waals surface area contributed by atoms with Crippen molar-refractivity contribution < 1.29 is 4.79 Å². The molecule has 11 heavy (non-hydrogen) atoms. The van der Waals surface area contributed by atoms with E-state index in [0.717, 1.165) is 0 Å². The van der Waals surface area contributed by atoms with E-state index in [4.69, 9.17) is 0 Å². The Morgan fingerprint density at radius 1 is 1.27 bits per heavy atom. The highest BCUT2D eigenvalue weighted by Gasteiger charge is 2.06. The largest absolute Gasteiger partial charge is 0.293 e. The summed E-state index contributed by atoms with van der Waals surface area (Å²) in [7, 11) is 0. The number of Topliss-reactive ketones (excluding diaryl/α,β-unsaturated/α-hetero) is 1. The van der Waals surface area contributed by atoms with Gasteiger partial charge in [0, 0.05) is 6.92 Å². The molecule has 0 aromatic carbocycles. The normalized spacial score (nSPS) is 9.73. The molecule has 0 fully saturated rings. The minimum absolute atomic E-state index is 0.0949. The van der Waals surface area contributed by atoms with E-state index in [2.05, 4.69) is 15.2 Å². The van der Waals surface area contributed by atoms with Crippen LogP contribution in [0, 0.1) is 13.8 Å². The first-order valence-electron chi connectivity index (χ1n) is 3.30. The zero-order valence-corrected chi connectivity index (χ0v) is 6.75. The Morgan fingerprint density at radius 2 is 1.91 bits per heavy atom. The number of hydrogen-bond donors (Lipinski definition) is 0. The molecule has 0 bridgehead atoms. The SMILES string of the molecule is CC(=O)c1nnc(C)nc1C. The molecule has 0 aliphatic rings. The summed E-state index contributed by atoms with van der Waals surface area (Å²) in [5, 5.41) is 7.39.